The summed E-state index contributed by atoms with van der Waals surface area (Å²) in [4.78, 5) is 12.1. The average Bonchev–Trinajstić information content (AvgIpc) is 2.52. The van der Waals surface area contributed by atoms with Gasteiger partial charge in [0.15, 0.2) is 0 Å². The van der Waals surface area contributed by atoms with Gasteiger partial charge in [-0.05, 0) is 27.2 Å². The van der Waals surface area contributed by atoms with Crippen molar-refractivity contribution in [3.8, 4) is 0 Å². The molecule has 0 N–H and O–H groups in total. The Kier molecular flexibility index (Phi) is 6.30. The van der Waals surface area contributed by atoms with Crippen LogP contribution < -0.4 is 0 Å². The minimum Gasteiger partial charge on any atom is -0.462 e. The van der Waals surface area contributed by atoms with Gasteiger partial charge in [-0.3, -0.25) is 4.79 Å². The third-order valence-corrected chi connectivity index (χ3v) is 5.04. The second-order valence-corrected chi connectivity index (χ2v) is 8.39. The highest BCUT2D eigenvalue weighted by Crippen LogP contribution is 2.43. The van der Waals surface area contributed by atoms with Crippen molar-refractivity contribution in [2.75, 3.05) is 20.5 Å². The number of esters is 1. The van der Waals surface area contributed by atoms with Crippen molar-refractivity contribution in [3.63, 3.8) is 0 Å². The molecule has 25 heavy (non-hydrogen) atoms. The molecule has 6 heteroatoms. The van der Waals surface area contributed by atoms with Crippen LogP contribution in [-0.4, -0.2) is 57.0 Å². The maximum atomic E-state index is 12.1. The van der Waals surface area contributed by atoms with E-state index in [0.29, 0.717) is 6.42 Å². The topological polar surface area (TPSA) is 63.2 Å². The fourth-order valence-corrected chi connectivity index (χ4v) is 3.47. The number of methoxy groups -OCH3 is 1. The first-order chi connectivity index (χ1) is 11.6. The lowest BCUT2D eigenvalue weighted by molar-refractivity contribution is -0.329. The van der Waals surface area contributed by atoms with Gasteiger partial charge in [0.05, 0.1) is 17.6 Å². The van der Waals surface area contributed by atoms with Crippen LogP contribution in [0, 0.1) is 10.8 Å². The molecule has 0 aromatic heterocycles. The van der Waals surface area contributed by atoms with Gasteiger partial charge in [0.1, 0.15) is 31.7 Å². The summed E-state index contributed by atoms with van der Waals surface area (Å²) in [5.41, 5.74) is -0.797. The number of ether oxygens (including phenoxy) is 5. The zero-order valence-corrected chi connectivity index (χ0v) is 16.2. The molecule has 0 aromatic carbocycles. The molecule has 0 amide bonds. The predicted octanol–water partition coefficient (Wildman–Crippen LogP) is 2.70. The van der Waals surface area contributed by atoms with Crippen molar-refractivity contribution >= 4 is 5.97 Å². The molecule has 2 saturated heterocycles. The Morgan fingerprint density at radius 3 is 2.52 bits per heavy atom. The highest BCUT2D eigenvalue weighted by atomic mass is 16.7. The quantitative estimate of drug-likeness (QED) is 0.557. The van der Waals surface area contributed by atoms with E-state index in [1.165, 1.54) is 0 Å². The van der Waals surface area contributed by atoms with E-state index in [9.17, 15) is 4.79 Å². The van der Waals surface area contributed by atoms with Gasteiger partial charge >= 0.3 is 5.97 Å². The Hall–Kier alpha value is -0.950. The van der Waals surface area contributed by atoms with E-state index in [1.54, 1.807) is 7.11 Å². The number of rotatable bonds is 5. The van der Waals surface area contributed by atoms with E-state index in [-0.39, 0.29) is 55.3 Å². The molecular weight excluding hydrogens is 324 g/mol. The summed E-state index contributed by atoms with van der Waals surface area (Å²) in [6.45, 7) is 13.8. The van der Waals surface area contributed by atoms with Gasteiger partial charge in [0.25, 0.3) is 0 Å². The highest BCUT2D eigenvalue weighted by Gasteiger charge is 2.55. The van der Waals surface area contributed by atoms with E-state index in [2.05, 4.69) is 20.4 Å². The molecule has 0 radical (unpaired) electrons. The lowest BCUT2D eigenvalue weighted by atomic mass is 9.72. The van der Waals surface area contributed by atoms with Crippen LogP contribution in [-0.2, 0) is 28.5 Å². The Bertz CT molecular complexity index is 481. The lowest BCUT2D eigenvalue weighted by Gasteiger charge is -2.54. The van der Waals surface area contributed by atoms with E-state index >= 15 is 0 Å². The van der Waals surface area contributed by atoms with Crippen molar-refractivity contribution in [1.29, 1.82) is 0 Å². The summed E-state index contributed by atoms with van der Waals surface area (Å²) in [5, 5.41) is 0. The minimum absolute atomic E-state index is 0.0812. The number of hydrogen-bond donors (Lipinski definition) is 0. The van der Waals surface area contributed by atoms with Crippen LogP contribution in [0.1, 0.15) is 41.0 Å². The van der Waals surface area contributed by atoms with Crippen molar-refractivity contribution < 1.29 is 28.5 Å². The number of carbonyl (C=O) groups is 1. The van der Waals surface area contributed by atoms with E-state index in [0.717, 1.165) is 0 Å². The first-order valence-electron chi connectivity index (χ1n) is 8.82. The molecule has 144 valence electrons. The first-order valence-corrected chi connectivity index (χ1v) is 8.82. The molecule has 0 saturated carbocycles. The third-order valence-electron chi connectivity index (χ3n) is 5.04. The predicted molar refractivity (Wildman–Crippen MR) is 93.1 cm³/mol. The average molecular weight is 356 g/mol. The zero-order valence-electron chi connectivity index (χ0n) is 16.2. The maximum Gasteiger partial charge on any atom is 0.311 e. The number of carbonyl (C=O) groups excluding carboxylic acids is 1. The summed E-state index contributed by atoms with van der Waals surface area (Å²) in [5.74, 6) is -0.263. The van der Waals surface area contributed by atoms with Crippen LogP contribution in [0.15, 0.2) is 12.7 Å². The summed E-state index contributed by atoms with van der Waals surface area (Å²) in [7, 11) is 1.69. The van der Waals surface area contributed by atoms with E-state index < -0.39 is 5.41 Å². The molecule has 0 aromatic rings. The van der Waals surface area contributed by atoms with Crippen molar-refractivity contribution in [3.05, 3.63) is 12.7 Å². The molecule has 5 atom stereocenters. The van der Waals surface area contributed by atoms with Gasteiger partial charge in [-0.2, -0.15) is 0 Å². The second-order valence-electron chi connectivity index (χ2n) is 8.39. The molecule has 2 heterocycles. The van der Waals surface area contributed by atoms with Crippen LogP contribution in [0.4, 0.5) is 0 Å². The zero-order chi connectivity index (χ0) is 18.8. The Balaban J connectivity index is 2.15. The summed E-state index contributed by atoms with van der Waals surface area (Å²) in [6, 6.07) is 0. The Morgan fingerprint density at radius 2 is 1.96 bits per heavy atom. The Labute approximate surface area is 150 Å². The molecule has 0 bridgehead atoms. The van der Waals surface area contributed by atoms with Crippen LogP contribution in [0.5, 0.6) is 0 Å². The van der Waals surface area contributed by atoms with Crippen molar-refractivity contribution in [2.24, 2.45) is 10.8 Å². The number of fused-ring (bicyclic) bond motifs is 1. The molecular formula is C19H32O6. The van der Waals surface area contributed by atoms with Gasteiger partial charge < -0.3 is 23.7 Å². The fourth-order valence-electron chi connectivity index (χ4n) is 3.47. The molecule has 2 aliphatic heterocycles. The summed E-state index contributed by atoms with van der Waals surface area (Å²) >= 11 is 0. The second kappa shape index (κ2) is 7.74. The van der Waals surface area contributed by atoms with Gasteiger partial charge in [-0.15, -0.1) is 6.58 Å². The standard InChI is InChI=1S/C19H32O6/c1-8-9-13-19(5,6)16(21-7)15-14(25-13)12(23-11-24-15)10-22-17(20)18(2,3)4/h8,12-16H,1,9-11H2,2-7H3/t12-,13-,14-,15+,16-/m1/s1. The smallest absolute Gasteiger partial charge is 0.311 e. The van der Waals surface area contributed by atoms with Crippen LogP contribution in [0.2, 0.25) is 0 Å². The molecule has 6 nitrogen and oxygen atoms in total. The maximum absolute atomic E-state index is 12.1. The molecule has 2 aliphatic rings. The van der Waals surface area contributed by atoms with Crippen molar-refractivity contribution in [2.45, 2.75) is 71.6 Å². The van der Waals surface area contributed by atoms with Crippen LogP contribution in [0.25, 0.3) is 0 Å². The van der Waals surface area contributed by atoms with Crippen molar-refractivity contribution in [1.82, 2.24) is 0 Å². The fraction of sp³-hybridized carbons (Fsp3) is 0.842. The van der Waals surface area contributed by atoms with E-state index in [4.69, 9.17) is 23.7 Å². The lowest BCUT2D eigenvalue weighted by Crippen LogP contribution is -2.66. The largest absolute Gasteiger partial charge is 0.462 e. The minimum atomic E-state index is -0.555. The van der Waals surface area contributed by atoms with E-state index in [1.807, 2.05) is 26.8 Å². The Morgan fingerprint density at radius 1 is 1.28 bits per heavy atom. The summed E-state index contributed by atoms with van der Waals surface area (Å²) in [6.07, 6.45) is 1.30. The first kappa shape index (κ1) is 20.4. The van der Waals surface area contributed by atoms with Gasteiger partial charge in [0.2, 0.25) is 0 Å². The van der Waals surface area contributed by atoms with Crippen LogP contribution >= 0.6 is 0 Å². The molecule has 2 fully saturated rings. The summed E-state index contributed by atoms with van der Waals surface area (Å²) < 4.78 is 29.1. The molecule has 0 unspecified atom stereocenters. The molecule has 0 spiro atoms. The van der Waals surface area contributed by atoms with Crippen LogP contribution in [0.3, 0.4) is 0 Å². The SMILES string of the molecule is C=CC[C@H]1O[C@H]2[C@H](OCO[C@@H]2COC(=O)C(C)(C)C)[C@@H](OC)C1(C)C. The molecule has 2 rings (SSSR count). The molecule has 0 aliphatic carbocycles. The third kappa shape index (κ3) is 4.25. The van der Waals surface area contributed by atoms with Gasteiger partial charge in [-0.25, -0.2) is 0 Å². The van der Waals surface area contributed by atoms with Gasteiger partial charge in [-0.1, -0.05) is 19.9 Å². The monoisotopic (exact) mass is 356 g/mol. The van der Waals surface area contributed by atoms with Gasteiger partial charge in [0, 0.05) is 12.5 Å². The highest BCUT2D eigenvalue weighted by molar-refractivity contribution is 5.75. The normalized spacial score (nSPS) is 34.9. The number of hydrogen-bond acceptors (Lipinski definition) is 6.